The fourth-order valence-electron chi connectivity index (χ4n) is 2.63. The molecule has 0 aromatic heterocycles. The fraction of sp³-hybridized carbons (Fsp3) is 0.263. The minimum absolute atomic E-state index is 0.0597. The molecule has 2 amide bonds. The number of hydrogen-bond donors (Lipinski definition) is 1. The highest BCUT2D eigenvalue weighted by atomic mass is 16.5. The topological polar surface area (TPSA) is 58.6 Å². The molecule has 0 aliphatic carbocycles. The second-order valence-corrected chi connectivity index (χ2v) is 5.85. The van der Waals surface area contributed by atoms with Crippen LogP contribution >= 0.6 is 0 Å². The number of carbonyl (C=O) groups is 2. The number of amides is 2. The molecule has 1 N–H and O–H groups in total. The van der Waals surface area contributed by atoms with Gasteiger partial charge in [0.1, 0.15) is 5.75 Å². The third kappa shape index (κ3) is 3.93. The SMILES string of the molecule is Cc1ccc(NC(=O)COc2ccc(N3CCCC3=O)cc2)cc1. The summed E-state index contributed by atoms with van der Waals surface area (Å²) in [5, 5.41) is 2.78. The molecule has 0 spiro atoms. The highest BCUT2D eigenvalue weighted by Gasteiger charge is 2.21. The molecular weight excluding hydrogens is 304 g/mol. The van der Waals surface area contributed by atoms with E-state index in [1.165, 1.54) is 0 Å². The number of nitrogens with one attached hydrogen (secondary N) is 1. The van der Waals surface area contributed by atoms with Crippen LogP contribution in [0.25, 0.3) is 0 Å². The predicted molar refractivity (Wildman–Crippen MR) is 93.3 cm³/mol. The Morgan fingerprint density at radius 1 is 1.12 bits per heavy atom. The number of carbonyl (C=O) groups excluding carboxylic acids is 2. The summed E-state index contributed by atoms with van der Waals surface area (Å²) in [7, 11) is 0. The summed E-state index contributed by atoms with van der Waals surface area (Å²) in [6, 6.07) is 14.8. The second-order valence-electron chi connectivity index (χ2n) is 5.85. The highest BCUT2D eigenvalue weighted by molar-refractivity contribution is 5.95. The van der Waals surface area contributed by atoms with Gasteiger partial charge in [-0.05, 0) is 49.7 Å². The van der Waals surface area contributed by atoms with Crippen LogP contribution in [0.4, 0.5) is 11.4 Å². The lowest BCUT2D eigenvalue weighted by Crippen LogP contribution is -2.23. The summed E-state index contributed by atoms with van der Waals surface area (Å²) in [6.07, 6.45) is 1.51. The number of benzene rings is 2. The van der Waals surface area contributed by atoms with Gasteiger partial charge < -0.3 is 15.0 Å². The van der Waals surface area contributed by atoms with E-state index in [0.717, 1.165) is 29.9 Å². The first-order valence-corrected chi connectivity index (χ1v) is 8.01. The zero-order valence-electron chi connectivity index (χ0n) is 13.6. The Bertz CT molecular complexity index is 723. The predicted octanol–water partition coefficient (Wildman–Crippen LogP) is 3.14. The molecule has 0 atom stereocenters. The van der Waals surface area contributed by atoms with Gasteiger partial charge in [0.25, 0.3) is 5.91 Å². The molecule has 1 heterocycles. The minimum Gasteiger partial charge on any atom is -0.484 e. The molecule has 2 aromatic rings. The summed E-state index contributed by atoms with van der Waals surface area (Å²) in [6.45, 7) is 2.70. The van der Waals surface area contributed by atoms with E-state index >= 15 is 0 Å². The maximum absolute atomic E-state index is 11.9. The fourth-order valence-corrected chi connectivity index (χ4v) is 2.63. The van der Waals surface area contributed by atoms with E-state index < -0.39 is 0 Å². The molecule has 5 nitrogen and oxygen atoms in total. The maximum Gasteiger partial charge on any atom is 0.262 e. The number of rotatable bonds is 5. The summed E-state index contributed by atoms with van der Waals surface area (Å²) in [4.78, 5) is 25.4. The van der Waals surface area contributed by atoms with Crippen molar-refractivity contribution >= 4 is 23.2 Å². The van der Waals surface area contributed by atoms with Gasteiger partial charge in [-0.3, -0.25) is 9.59 Å². The molecule has 1 saturated heterocycles. The van der Waals surface area contributed by atoms with Crippen molar-refractivity contribution in [2.75, 3.05) is 23.4 Å². The average Bonchev–Trinajstić information content (AvgIpc) is 3.02. The standard InChI is InChI=1S/C19H20N2O3/c1-14-4-6-15(7-5-14)20-18(22)13-24-17-10-8-16(9-11-17)21-12-2-3-19(21)23/h4-11H,2-3,12-13H2,1H3,(H,20,22). The van der Waals surface area contributed by atoms with Gasteiger partial charge in [0.05, 0.1) is 0 Å². The third-order valence-electron chi connectivity index (χ3n) is 3.93. The summed E-state index contributed by atoms with van der Waals surface area (Å²) in [5.74, 6) is 0.545. The Hall–Kier alpha value is -2.82. The van der Waals surface area contributed by atoms with E-state index in [4.69, 9.17) is 4.74 Å². The quantitative estimate of drug-likeness (QED) is 0.919. The molecule has 124 valence electrons. The van der Waals surface area contributed by atoms with Crippen LogP contribution in [-0.4, -0.2) is 25.0 Å². The van der Waals surface area contributed by atoms with Crippen molar-refractivity contribution in [1.29, 1.82) is 0 Å². The normalized spacial score (nSPS) is 13.9. The van der Waals surface area contributed by atoms with Crippen molar-refractivity contribution < 1.29 is 14.3 Å². The average molecular weight is 324 g/mol. The van der Waals surface area contributed by atoms with Crippen molar-refractivity contribution in [3.63, 3.8) is 0 Å². The maximum atomic E-state index is 11.9. The van der Waals surface area contributed by atoms with Gasteiger partial charge in [0.2, 0.25) is 5.91 Å². The van der Waals surface area contributed by atoms with Crippen LogP contribution in [-0.2, 0) is 9.59 Å². The number of nitrogens with zero attached hydrogens (tertiary/aromatic N) is 1. The van der Waals surface area contributed by atoms with E-state index in [-0.39, 0.29) is 18.4 Å². The van der Waals surface area contributed by atoms with Gasteiger partial charge in [-0.15, -0.1) is 0 Å². The molecule has 1 fully saturated rings. The van der Waals surface area contributed by atoms with Gasteiger partial charge in [-0.1, -0.05) is 17.7 Å². The van der Waals surface area contributed by atoms with Gasteiger partial charge in [0, 0.05) is 24.3 Å². The number of anilines is 2. The van der Waals surface area contributed by atoms with Gasteiger partial charge in [-0.2, -0.15) is 0 Å². The van der Waals surface area contributed by atoms with Crippen molar-refractivity contribution in [1.82, 2.24) is 0 Å². The molecule has 2 aromatic carbocycles. The molecule has 3 rings (SSSR count). The van der Waals surface area contributed by atoms with Crippen molar-refractivity contribution in [2.24, 2.45) is 0 Å². The van der Waals surface area contributed by atoms with Crippen LogP contribution in [0.1, 0.15) is 18.4 Å². The zero-order chi connectivity index (χ0) is 16.9. The van der Waals surface area contributed by atoms with E-state index in [9.17, 15) is 9.59 Å². The largest absolute Gasteiger partial charge is 0.484 e. The first-order chi connectivity index (χ1) is 11.6. The summed E-state index contributed by atoms with van der Waals surface area (Å²) in [5.41, 5.74) is 2.76. The van der Waals surface area contributed by atoms with Crippen LogP contribution in [0.5, 0.6) is 5.75 Å². The van der Waals surface area contributed by atoms with Gasteiger partial charge in [-0.25, -0.2) is 0 Å². The first-order valence-electron chi connectivity index (χ1n) is 8.01. The Labute approximate surface area is 141 Å². The summed E-state index contributed by atoms with van der Waals surface area (Å²) >= 11 is 0. The van der Waals surface area contributed by atoms with Crippen molar-refractivity contribution in [3.8, 4) is 5.75 Å². The van der Waals surface area contributed by atoms with Crippen LogP contribution in [0.2, 0.25) is 0 Å². The Morgan fingerprint density at radius 3 is 2.46 bits per heavy atom. The number of aryl methyl sites for hydroxylation is 1. The van der Waals surface area contributed by atoms with Crippen molar-refractivity contribution in [3.05, 3.63) is 54.1 Å². The Balaban J connectivity index is 1.51. The molecule has 0 radical (unpaired) electrons. The van der Waals surface area contributed by atoms with E-state index in [1.54, 1.807) is 17.0 Å². The van der Waals surface area contributed by atoms with Gasteiger partial charge >= 0.3 is 0 Å². The molecule has 1 aliphatic heterocycles. The monoisotopic (exact) mass is 324 g/mol. The van der Waals surface area contributed by atoms with Crippen LogP contribution in [0.3, 0.4) is 0 Å². The van der Waals surface area contributed by atoms with Crippen LogP contribution in [0.15, 0.2) is 48.5 Å². The molecule has 24 heavy (non-hydrogen) atoms. The smallest absolute Gasteiger partial charge is 0.262 e. The molecule has 0 bridgehead atoms. The van der Waals surface area contributed by atoms with Crippen LogP contribution in [0, 0.1) is 6.92 Å². The zero-order valence-corrected chi connectivity index (χ0v) is 13.6. The second kappa shape index (κ2) is 7.17. The summed E-state index contributed by atoms with van der Waals surface area (Å²) < 4.78 is 5.49. The van der Waals surface area contributed by atoms with Crippen molar-refractivity contribution in [2.45, 2.75) is 19.8 Å². The molecule has 0 saturated carbocycles. The Kier molecular flexibility index (Phi) is 4.79. The van der Waals surface area contributed by atoms with E-state index in [0.29, 0.717) is 12.2 Å². The lowest BCUT2D eigenvalue weighted by atomic mass is 10.2. The molecule has 0 unspecified atom stereocenters. The number of ether oxygens (including phenoxy) is 1. The minimum atomic E-state index is -0.211. The molecule has 5 heteroatoms. The number of hydrogen-bond acceptors (Lipinski definition) is 3. The van der Waals surface area contributed by atoms with Gasteiger partial charge in [0.15, 0.2) is 6.61 Å². The third-order valence-corrected chi connectivity index (χ3v) is 3.93. The lowest BCUT2D eigenvalue weighted by molar-refractivity contribution is -0.118. The first kappa shape index (κ1) is 16.1. The van der Waals surface area contributed by atoms with E-state index in [2.05, 4.69) is 5.32 Å². The highest BCUT2D eigenvalue weighted by Crippen LogP contribution is 2.23. The molecular formula is C19H20N2O3. The lowest BCUT2D eigenvalue weighted by Gasteiger charge is -2.16. The van der Waals surface area contributed by atoms with E-state index in [1.807, 2.05) is 43.3 Å². The Morgan fingerprint density at radius 2 is 1.83 bits per heavy atom. The van der Waals surface area contributed by atoms with Crippen LogP contribution < -0.4 is 15.0 Å². The molecule has 1 aliphatic rings.